The summed E-state index contributed by atoms with van der Waals surface area (Å²) in [4.78, 5) is 0. The highest BCUT2D eigenvalue weighted by atomic mass is 28.4. The molecule has 0 aromatic heterocycles. The van der Waals surface area contributed by atoms with Gasteiger partial charge in [0.05, 0.1) is 8.07 Å². The van der Waals surface area contributed by atoms with Crippen LogP contribution in [0.1, 0.15) is 20.8 Å². The van der Waals surface area contributed by atoms with Crippen molar-refractivity contribution in [3.8, 4) is 0 Å². The fraction of sp³-hybridized carbons (Fsp3) is 1.00. The van der Waals surface area contributed by atoms with Crippen molar-refractivity contribution in [3.05, 3.63) is 0 Å². The molecule has 0 aliphatic carbocycles. The summed E-state index contributed by atoms with van der Waals surface area (Å²) in [5, 5.41) is 0. The van der Waals surface area contributed by atoms with E-state index in [9.17, 15) is 0 Å². The van der Waals surface area contributed by atoms with E-state index < -0.39 is 16.4 Å². The van der Waals surface area contributed by atoms with E-state index in [1.807, 2.05) is 7.11 Å². The Kier molecular flexibility index (Phi) is 6.25. The Hall–Kier alpha value is 0.394. The molecular weight excluding hydrogens is 204 g/mol. The van der Waals surface area contributed by atoms with Gasteiger partial charge in [0, 0.05) is 7.11 Å². The average molecular weight is 233 g/mol. The normalized spacial score (nSPS) is 13.3. The van der Waals surface area contributed by atoms with Crippen molar-refractivity contribution < 1.29 is 4.43 Å². The molecule has 14 heavy (non-hydrogen) atoms. The zero-order chi connectivity index (χ0) is 11.2. The minimum absolute atomic E-state index is 0.889. The minimum Gasteiger partial charge on any atom is -0.420 e. The molecule has 0 aliphatic rings. The molecule has 0 aromatic carbocycles. The van der Waals surface area contributed by atoms with E-state index in [0.29, 0.717) is 0 Å². The van der Waals surface area contributed by atoms with Crippen LogP contribution in [0, 0.1) is 0 Å². The van der Waals surface area contributed by atoms with E-state index in [-0.39, 0.29) is 0 Å². The summed E-state index contributed by atoms with van der Waals surface area (Å²) in [6.07, 6.45) is 0. The van der Waals surface area contributed by atoms with Crippen LogP contribution < -0.4 is 0 Å². The third-order valence-electron chi connectivity index (χ3n) is 4.06. The number of rotatable bonds is 7. The van der Waals surface area contributed by atoms with Gasteiger partial charge in [-0.3, -0.25) is 0 Å². The van der Waals surface area contributed by atoms with Gasteiger partial charge < -0.3 is 4.43 Å². The van der Waals surface area contributed by atoms with Gasteiger partial charge in [-0.25, -0.2) is 0 Å². The molecule has 0 saturated heterocycles. The van der Waals surface area contributed by atoms with Gasteiger partial charge in [0.25, 0.3) is 0 Å². The lowest BCUT2D eigenvalue weighted by molar-refractivity contribution is 0.405. The highest BCUT2D eigenvalue weighted by molar-refractivity contribution is 6.82. The van der Waals surface area contributed by atoms with Gasteiger partial charge in [-0.05, 0) is 19.1 Å². The lowest BCUT2D eigenvalue weighted by atomic mass is 10.9. The van der Waals surface area contributed by atoms with Crippen molar-refractivity contribution in [3.63, 3.8) is 0 Å². The fourth-order valence-electron chi connectivity index (χ4n) is 1.95. The molecule has 0 amide bonds. The maximum atomic E-state index is 5.63. The van der Waals surface area contributed by atoms with E-state index in [1.54, 1.807) is 0 Å². The molecule has 0 unspecified atom stereocenters. The van der Waals surface area contributed by atoms with Crippen molar-refractivity contribution >= 4 is 16.4 Å². The predicted octanol–water partition coefficient (Wildman–Crippen LogP) is 4.35. The van der Waals surface area contributed by atoms with Gasteiger partial charge in [-0.15, -0.1) is 0 Å². The molecule has 0 aromatic rings. The second kappa shape index (κ2) is 6.08. The van der Waals surface area contributed by atoms with Gasteiger partial charge in [-0.2, -0.15) is 0 Å². The molecule has 0 rings (SSSR count). The molecule has 3 heteroatoms. The monoisotopic (exact) mass is 232 g/mol. The minimum atomic E-state index is -1.30. The van der Waals surface area contributed by atoms with Crippen LogP contribution in [0.5, 0.6) is 0 Å². The Morgan fingerprint density at radius 2 is 1.29 bits per heavy atom. The van der Waals surface area contributed by atoms with E-state index in [4.69, 9.17) is 4.43 Å². The Balaban J connectivity index is 4.19. The Morgan fingerprint density at radius 1 is 0.857 bits per heavy atom. The van der Waals surface area contributed by atoms with Crippen LogP contribution in [0.4, 0.5) is 0 Å². The Labute approximate surface area is 92.4 Å². The van der Waals surface area contributed by atoms with Crippen LogP contribution in [0.2, 0.25) is 43.3 Å². The highest BCUT2D eigenvalue weighted by Gasteiger charge is 2.30. The summed E-state index contributed by atoms with van der Waals surface area (Å²) < 4.78 is 5.63. The lowest BCUT2D eigenvalue weighted by Gasteiger charge is -2.31. The third kappa shape index (κ3) is 4.28. The highest BCUT2D eigenvalue weighted by Crippen LogP contribution is 2.29. The molecule has 0 radical (unpaired) electrons. The summed E-state index contributed by atoms with van der Waals surface area (Å²) in [7, 11) is -0.302. The second-order valence-corrected chi connectivity index (χ2v) is 15.1. The second-order valence-electron chi connectivity index (χ2n) is 5.02. The molecule has 1 nitrogen and oxygen atoms in total. The van der Waals surface area contributed by atoms with Gasteiger partial charge in [0.1, 0.15) is 0 Å². The van der Waals surface area contributed by atoms with Gasteiger partial charge in [0.2, 0.25) is 0 Å². The SMILES string of the molecule is CC[Si](CC)(CC)CC[Si](C)(C)OC. The van der Waals surface area contributed by atoms with Crippen molar-refractivity contribution in [2.45, 2.75) is 64.1 Å². The van der Waals surface area contributed by atoms with Crippen LogP contribution in [0.25, 0.3) is 0 Å². The summed E-state index contributed by atoms with van der Waals surface area (Å²) in [5.41, 5.74) is 0. The zero-order valence-electron chi connectivity index (χ0n) is 10.9. The van der Waals surface area contributed by atoms with Crippen molar-refractivity contribution in [1.29, 1.82) is 0 Å². The molecule has 0 spiro atoms. The predicted molar refractivity (Wildman–Crippen MR) is 71.3 cm³/mol. The van der Waals surface area contributed by atoms with Crippen LogP contribution in [-0.2, 0) is 4.43 Å². The number of hydrogen-bond acceptors (Lipinski definition) is 1. The van der Waals surface area contributed by atoms with Crippen molar-refractivity contribution in [2.24, 2.45) is 0 Å². The lowest BCUT2D eigenvalue weighted by Crippen LogP contribution is -2.36. The quantitative estimate of drug-likeness (QED) is 0.593. The first-order valence-electron chi connectivity index (χ1n) is 6.00. The molecule has 0 aliphatic heterocycles. The molecule has 0 bridgehead atoms. The Morgan fingerprint density at radius 3 is 1.57 bits per heavy atom. The Bertz CT molecular complexity index is 145. The van der Waals surface area contributed by atoms with E-state index in [1.165, 1.54) is 30.2 Å². The van der Waals surface area contributed by atoms with Crippen molar-refractivity contribution in [1.82, 2.24) is 0 Å². The zero-order valence-corrected chi connectivity index (χ0v) is 12.9. The van der Waals surface area contributed by atoms with E-state index in [2.05, 4.69) is 33.9 Å². The van der Waals surface area contributed by atoms with Crippen LogP contribution in [-0.4, -0.2) is 23.5 Å². The molecule has 0 heterocycles. The standard InChI is InChI=1S/C11H28OSi2/c1-7-14(8-2,9-3)11-10-13(5,6)12-4/h7-11H2,1-6H3. The molecule has 0 saturated carbocycles. The molecule has 0 atom stereocenters. The first kappa shape index (κ1) is 14.4. The molecule has 0 fully saturated rings. The van der Waals surface area contributed by atoms with Gasteiger partial charge >= 0.3 is 0 Å². The molecule has 0 N–H and O–H groups in total. The first-order chi connectivity index (χ1) is 6.45. The maximum Gasteiger partial charge on any atom is 0.185 e. The van der Waals surface area contributed by atoms with Crippen LogP contribution in [0.15, 0.2) is 0 Å². The average Bonchev–Trinajstić information content (AvgIpc) is 2.21. The largest absolute Gasteiger partial charge is 0.420 e. The summed E-state index contributed by atoms with van der Waals surface area (Å²) in [5.74, 6) is 0. The van der Waals surface area contributed by atoms with Gasteiger partial charge in [-0.1, -0.05) is 44.9 Å². The smallest absolute Gasteiger partial charge is 0.185 e. The summed E-state index contributed by atoms with van der Waals surface area (Å²) in [6.45, 7) is 11.8. The topological polar surface area (TPSA) is 9.23 Å². The third-order valence-corrected chi connectivity index (χ3v) is 12.9. The van der Waals surface area contributed by atoms with Crippen molar-refractivity contribution in [2.75, 3.05) is 7.11 Å². The fourth-order valence-corrected chi connectivity index (χ4v) is 9.24. The van der Waals surface area contributed by atoms with Crippen LogP contribution in [0.3, 0.4) is 0 Å². The van der Waals surface area contributed by atoms with E-state index in [0.717, 1.165) is 0 Å². The summed E-state index contributed by atoms with van der Waals surface area (Å²) >= 11 is 0. The van der Waals surface area contributed by atoms with Gasteiger partial charge in [0.15, 0.2) is 8.32 Å². The van der Waals surface area contributed by atoms with Crippen LogP contribution >= 0.6 is 0 Å². The number of hydrogen-bond donors (Lipinski definition) is 0. The summed E-state index contributed by atoms with van der Waals surface area (Å²) in [6, 6.07) is 7.21. The molecular formula is C11H28OSi2. The molecule has 86 valence electrons. The van der Waals surface area contributed by atoms with E-state index >= 15 is 0 Å². The maximum absolute atomic E-state index is 5.63. The first-order valence-corrected chi connectivity index (χ1v) is 11.9.